The Balaban J connectivity index is 0.00000193. The molecule has 6 rings (SSSR count). The van der Waals surface area contributed by atoms with Crippen LogP contribution in [0.4, 0.5) is 0 Å². The minimum Gasteiger partial charge on any atom is -1.00 e. The molecule has 0 saturated heterocycles. The van der Waals surface area contributed by atoms with Gasteiger partial charge in [0.1, 0.15) is 11.9 Å². The van der Waals surface area contributed by atoms with E-state index < -0.39 is 0 Å². The number of nitrogens with zero attached hydrogens (tertiary/aromatic N) is 3. The molecule has 5 heteroatoms. The zero-order chi connectivity index (χ0) is 19.2. The summed E-state index contributed by atoms with van der Waals surface area (Å²) in [5.41, 5.74) is 7.37. The summed E-state index contributed by atoms with van der Waals surface area (Å²) in [6, 6.07) is 20.9. The van der Waals surface area contributed by atoms with E-state index in [9.17, 15) is 0 Å². The highest BCUT2D eigenvalue weighted by molar-refractivity contribution is 6.01. The highest BCUT2D eigenvalue weighted by Gasteiger charge is 2.34. The van der Waals surface area contributed by atoms with Crippen LogP contribution in [0.1, 0.15) is 5.56 Å². The highest BCUT2D eigenvalue weighted by Crippen LogP contribution is 2.26. The monoisotopic (exact) mass is 408 g/mol. The predicted octanol–water partition coefficient (Wildman–Crippen LogP) is 0.814. The van der Waals surface area contributed by atoms with Gasteiger partial charge in [-0.2, -0.15) is 4.99 Å². The van der Waals surface area contributed by atoms with Crippen molar-refractivity contribution in [3.8, 4) is 11.3 Å². The van der Waals surface area contributed by atoms with Gasteiger partial charge < -0.3 is 12.4 Å². The average molecular weight is 409 g/mol. The minimum atomic E-state index is 0. The van der Waals surface area contributed by atoms with Crippen molar-refractivity contribution in [1.29, 1.82) is 0 Å². The number of halogens is 1. The number of nitrogens with one attached hydrogen (secondary N) is 1. The van der Waals surface area contributed by atoms with Crippen molar-refractivity contribution < 1.29 is 17.3 Å². The molecule has 0 fully saturated rings. The zero-order valence-corrected chi connectivity index (χ0v) is 16.7. The van der Waals surface area contributed by atoms with Crippen molar-refractivity contribution in [2.75, 3.05) is 0 Å². The summed E-state index contributed by atoms with van der Waals surface area (Å²) in [5.74, 6) is 0.979. The average Bonchev–Trinajstić information content (AvgIpc) is 3.12. The fourth-order valence-electron chi connectivity index (χ4n) is 3.85. The number of fused-ring (bicyclic) bond motifs is 2. The van der Waals surface area contributed by atoms with Crippen molar-refractivity contribution in [2.45, 2.75) is 0 Å². The molecule has 0 amide bonds. The lowest BCUT2D eigenvalue weighted by atomic mass is 10.0. The second kappa shape index (κ2) is 7.34. The topological polar surface area (TPSA) is 42.0 Å². The van der Waals surface area contributed by atoms with Crippen molar-refractivity contribution in [3.05, 3.63) is 114 Å². The van der Waals surface area contributed by atoms with Gasteiger partial charge in [-0.1, -0.05) is 60.7 Å². The molecule has 3 aromatic rings. The van der Waals surface area contributed by atoms with E-state index in [1.807, 2.05) is 42.9 Å². The fourth-order valence-corrected chi connectivity index (χ4v) is 3.85. The summed E-state index contributed by atoms with van der Waals surface area (Å²) in [6.07, 6.45) is 12.0. The summed E-state index contributed by atoms with van der Waals surface area (Å²) in [4.78, 5) is 15.3. The molecule has 1 aromatic heterocycles. The second-order valence-corrected chi connectivity index (χ2v) is 7.18. The first-order valence-electron chi connectivity index (χ1n) is 9.62. The molecule has 1 atom stereocenters. The van der Waals surface area contributed by atoms with Crippen LogP contribution in [0.25, 0.3) is 22.2 Å². The molecule has 0 radical (unpaired) electrons. The highest BCUT2D eigenvalue weighted by atomic mass is 35.5. The largest absolute Gasteiger partial charge is 1.00 e. The number of allylic oxidation sites excluding steroid dienone is 4. The number of quaternary nitrogens is 1. The van der Waals surface area contributed by atoms with Crippen molar-refractivity contribution in [2.24, 2.45) is 9.98 Å². The lowest BCUT2D eigenvalue weighted by Gasteiger charge is -2.13. The molecule has 0 bridgehead atoms. The van der Waals surface area contributed by atoms with Gasteiger partial charge in [-0.15, -0.1) is 0 Å². The van der Waals surface area contributed by atoms with Gasteiger partial charge >= 0.3 is 0 Å². The molecule has 1 aliphatic carbocycles. The molecule has 144 valence electrons. The molecule has 1 N–H and O–H groups in total. The molecule has 0 saturated carbocycles. The van der Waals surface area contributed by atoms with Crippen LogP contribution in [0.3, 0.4) is 0 Å². The first-order chi connectivity index (χ1) is 14.4. The minimum absolute atomic E-state index is 0. The molecular weight excluding hydrogens is 392 g/mol. The Morgan fingerprint density at radius 2 is 1.70 bits per heavy atom. The van der Waals surface area contributed by atoms with E-state index >= 15 is 0 Å². The Bertz CT molecular complexity index is 1340. The molecule has 2 aliphatic heterocycles. The Hall–Kier alpha value is -3.60. The normalized spacial score (nSPS) is 18.6. The Morgan fingerprint density at radius 1 is 0.867 bits per heavy atom. The van der Waals surface area contributed by atoms with Crippen LogP contribution in [-0.4, -0.2) is 17.0 Å². The number of benzene rings is 2. The van der Waals surface area contributed by atoms with Crippen LogP contribution in [0.5, 0.6) is 0 Å². The van der Waals surface area contributed by atoms with E-state index in [1.54, 1.807) is 0 Å². The van der Waals surface area contributed by atoms with Crippen LogP contribution in [-0.2, 0) is 0 Å². The predicted molar refractivity (Wildman–Crippen MR) is 117 cm³/mol. The number of rotatable bonds is 3. The number of aliphatic imine (C=N–C) groups is 2. The summed E-state index contributed by atoms with van der Waals surface area (Å²) < 4.78 is 0. The van der Waals surface area contributed by atoms with Gasteiger partial charge in [0, 0.05) is 16.5 Å². The van der Waals surface area contributed by atoms with Crippen molar-refractivity contribution >= 4 is 23.0 Å². The van der Waals surface area contributed by atoms with Crippen LogP contribution < -0.4 is 17.3 Å². The Morgan fingerprint density at radius 3 is 2.50 bits per heavy atom. The lowest BCUT2D eigenvalue weighted by Crippen LogP contribution is -3.08. The third kappa shape index (κ3) is 2.94. The molecule has 30 heavy (non-hydrogen) atoms. The number of hydrogen-bond donors (Lipinski definition) is 1. The van der Waals surface area contributed by atoms with Gasteiger partial charge in [-0.25, -0.2) is 9.88 Å². The maximum atomic E-state index is 4.98. The second-order valence-electron chi connectivity index (χ2n) is 7.18. The quantitative estimate of drug-likeness (QED) is 0.685. The van der Waals surface area contributed by atoms with E-state index in [0.29, 0.717) is 0 Å². The van der Waals surface area contributed by atoms with Gasteiger partial charge in [-0.3, -0.25) is 4.99 Å². The summed E-state index contributed by atoms with van der Waals surface area (Å²) >= 11 is 0. The van der Waals surface area contributed by atoms with Gasteiger partial charge in [0.05, 0.1) is 29.2 Å². The van der Waals surface area contributed by atoms with Crippen LogP contribution in [0, 0.1) is 0 Å². The van der Waals surface area contributed by atoms with Crippen LogP contribution in [0.2, 0.25) is 0 Å². The van der Waals surface area contributed by atoms with Gasteiger partial charge in [-0.05, 0) is 18.2 Å². The number of pyridine rings is 1. The smallest absolute Gasteiger partial charge is 0.244 e. The summed E-state index contributed by atoms with van der Waals surface area (Å²) in [5, 5.41) is 1.12. The SMILES string of the molecule is C1=CC(C2=C3C=NC=C[NH+]3C(c3ccc4ccc(-c5ccccc5)nc4c3)=N2)=C1.[Cl-]. The zero-order valence-electron chi connectivity index (χ0n) is 16.0. The Kier molecular flexibility index (Phi) is 4.51. The van der Waals surface area contributed by atoms with E-state index in [1.165, 1.54) is 0 Å². The maximum Gasteiger partial charge on any atom is 0.244 e. The fraction of sp³-hybridized carbons (Fsp3) is 0. The maximum absolute atomic E-state index is 4.98. The van der Waals surface area contributed by atoms with Crippen molar-refractivity contribution in [1.82, 2.24) is 4.98 Å². The molecule has 4 nitrogen and oxygen atoms in total. The number of hydrogen-bond acceptors (Lipinski definition) is 3. The number of amidine groups is 1. The number of aromatic nitrogens is 1. The Labute approximate surface area is 180 Å². The molecule has 3 heterocycles. The van der Waals surface area contributed by atoms with Gasteiger partial charge in [0.2, 0.25) is 5.84 Å². The molecule has 1 unspecified atom stereocenters. The first kappa shape index (κ1) is 18.4. The van der Waals surface area contributed by atoms with Crippen LogP contribution in [0.15, 0.2) is 118 Å². The van der Waals surface area contributed by atoms with Gasteiger partial charge in [0.25, 0.3) is 0 Å². The lowest BCUT2D eigenvalue weighted by molar-refractivity contribution is -0.689. The summed E-state index contributed by atoms with van der Waals surface area (Å²) in [6.45, 7) is 0. The molecular formula is C25H17ClN4. The first-order valence-corrected chi connectivity index (χ1v) is 9.62. The third-order valence-corrected chi connectivity index (χ3v) is 5.42. The molecule has 2 aromatic carbocycles. The summed E-state index contributed by atoms with van der Waals surface area (Å²) in [7, 11) is 0. The van der Waals surface area contributed by atoms with E-state index in [2.05, 4.69) is 59.6 Å². The molecule has 3 aliphatic rings. The molecule has 0 spiro atoms. The van der Waals surface area contributed by atoms with Crippen molar-refractivity contribution in [3.63, 3.8) is 0 Å². The van der Waals surface area contributed by atoms with Gasteiger partial charge in [0.15, 0.2) is 5.70 Å². The van der Waals surface area contributed by atoms with E-state index in [4.69, 9.17) is 9.98 Å². The van der Waals surface area contributed by atoms with E-state index in [0.717, 1.165) is 55.4 Å². The van der Waals surface area contributed by atoms with Crippen LogP contribution >= 0.6 is 0 Å². The van der Waals surface area contributed by atoms with E-state index in [-0.39, 0.29) is 12.4 Å². The third-order valence-electron chi connectivity index (χ3n) is 5.42. The standard InChI is InChI=1S/C25H16N4.ClH/c1-2-5-17(6-3-1)21-12-11-18-9-10-20(15-22(18)27-21)25-28-24(19-7-4-8-19)23-16-26-13-14-29(23)25;/h1-16H;1H.